The van der Waals surface area contributed by atoms with Gasteiger partial charge < -0.3 is 23.9 Å². The summed E-state index contributed by atoms with van der Waals surface area (Å²) >= 11 is 0. The SMILES string of the molecule is O=[N+]([O-])c1ccc2c(c1)ncn2[C@@H]1O[C@H](COCc2ccccc2)[C@H](OCc2ccccc2)[C@H]1O. The molecule has 0 unspecified atom stereocenters. The van der Waals surface area contributed by atoms with Crippen molar-refractivity contribution in [3.05, 3.63) is 106 Å². The molecule has 4 atom stereocenters. The summed E-state index contributed by atoms with van der Waals surface area (Å²) < 4.78 is 20.0. The van der Waals surface area contributed by atoms with Gasteiger partial charge in [-0.25, -0.2) is 4.98 Å². The van der Waals surface area contributed by atoms with Gasteiger partial charge in [0.05, 0.1) is 42.1 Å². The van der Waals surface area contributed by atoms with Crippen LogP contribution < -0.4 is 0 Å². The van der Waals surface area contributed by atoms with Gasteiger partial charge in [-0.15, -0.1) is 0 Å². The highest BCUT2D eigenvalue weighted by Crippen LogP contribution is 2.35. The monoisotopic (exact) mass is 475 g/mol. The van der Waals surface area contributed by atoms with Crippen molar-refractivity contribution in [1.82, 2.24) is 9.55 Å². The molecule has 9 nitrogen and oxygen atoms in total. The molecule has 1 aliphatic rings. The molecule has 2 heterocycles. The molecule has 3 aromatic carbocycles. The summed E-state index contributed by atoms with van der Waals surface area (Å²) in [5, 5.41) is 22.3. The van der Waals surface area contributed by atoms with E-state index in [1.807, 2.05) is 60.7 Å². The van der Waals surface area contributed by atoms with Crippen molar-refractivity contribution < 1.29 is 24.2 Å². The maximum Gasteiger partial charge on any atom is 0.271 e. The van der Waals surface area contributed by atoms with Gasteiger partial charge in [0.2, 0.25) is 0 Å². The van der Waals surface area contributed by atoms with Crippen LogP contribution in [0.25, 0.3) is 11.0 Å². The van der Waals surface area contributed by atoms with Gasteiger partial charge in [0.1, 0.15) is 18.3 Å². The molecular formula is C26H25N3O6. The minimum absolute atomic E-state index is 0.0492. The molecule has 1 aliphatic heterocycles. The molecule has 0 spiro atoms. The summed E-state index contributed by atoms with van der Waals surface area (Å²) in [7, 11) is 0. The third-order valence-corrected chi connectivity index (χ3v) is 6.03. The lowest BCUT2D eigenvalue weighted by Gasteiger charge is -2.21. The fourth-order valence-corrected chi connectivity index (χ4v) is 4.26. The molecule has 0 amide bonds. The van der Waals surface area contributed by atoms with Crippen LogP contribution in [0.3, 0.4) is 0 Å². The van der Waals surface area contributed by atoms with Gasteiger partial charge in [-0.1, -0.05) is 60.7 Å². The standard InChI is InChI=1S/C26H25N3O6/c30-24-25(34-15-19-9-5-2-6-10-19)23(16-33-14-18-7-3-1-4-8-18)35-26(24)28-17-27-21-13-20(29(31)32)11-12-22(21)28/h1-13,17,23-26,30H,14-16H2/t23-,24-,25+,26-/m1/s1. The van der Waals surface area contributed by atoms with Crippen LogP contribution in [-0.4, -0.2) is 44.5 Å². The molecule has 1 N–H and O–H groups in total. The molecule has 0 bridgehead atoms. The van der Waals surface area contributed by atoms with Crippen LogP contribution in [0, 0.1) is 10.1 Å². The second kappa shape index (κ2) is 10.3. The third kappa shape index (κ3) is 5.08. The predicted octanol–water partition coefficient (Wildman–Crippen LogP) is 4.01. The summed E-state index contributed by atoms with van der Waals surface area (Å²) in [6.45, 7) is 0.940. The number of non-ortho nitro benzene ring substituents is 1. The highest BCUT2D eigenvalue weighted by atomic mass is 16.6. The topological polar surface area (TPSA) is 109 Å². The lowest BCUT2D eigenvalue weighted by molar-refractivity contribution is -0.384. The average Bonchev–Trinajstić information content (AvgIpc) is 3.44. The largest absolute Gasteiger partial charge is 0.386 e. The molecule has 0 aliphatic carbocycles. The Labute approximate surface area is 201 Å². The van der Waals surface area contributed by atoms with E-state index in [9.17, 15) is 15.2 Å². The first-order valence-electron chi connectivity index (χ1n) is 11.3. The molecule has 5 rings (SSSR count). The maximum absolute atomic E-state index is 11.2. The van der Waals surface area contributed by atoms with Gasteiger partial charge in [-0.2, -0.15) is 0 Å². The van der Waals surface area contributed by atoms with Gasteiger partial charge in [0.15, 0.2) is 6.23 Å². The summed E-state index contributed by atoms with van der Waals surface area (Å²) in [6, 6.07) is 23.9. The van der Waals surface area contributed by atoms with Crippen LogP contribution in [0.4, 0.5) is 5.69 Å². The highest BCUT2D eigenvalue weighted by Gasteiger charge is 2.46. The van der Waals surface area contributed by atoms with Crippen LogP contribution >= 0.6 is 0 Å². The number of aromatic nitrogens is 2. The Morgan fingerprint density at radius 2 is 1.69 bits per heavy atom. The van der Waals surface area contributed by atoms with Crippen molar-refractivity contribution in [2.75, 3.05) is 6.61 Å². The number of nitro groups is 1. The molecule has 35 heavy (non-hydrogen) atoms. The zero-order chi connectivity index (χ0) is 24.2. The number of aliphatic hydroxyl groups is 1. The van der Waals surface area contributed by atoms with E-state index < -0.39 is 29.5 Å². The van der Waals surface area contributed by atoms with Crippen molar-refractivity contribution in [1.29, 1.82) is 0 Å². The average molecular weight is 476 g/mol. The number of nitro benzene ring substituents is 1. The van der Waals surface area contributed by atoms with Crippen LogP contribution in [0.5, 0.6) is 0 Å². The summed E-state index contributed by atoms with van der Waals surface area (Å²) in [5.41, 5.74) is 3.03. The molecule has 180 valence electrons. The Morgan fingerprint density at radius 3 is 2.37 bits per heavy atom. The van der Waals surface area contributed by atoms with Crippen molar-refractivity contribution in [3.63, 3.8) is 0 Å². The van der Waals surface area contributed by atoms with E-state index in [0.717, 1.165) is 11.1 Å². The van der Waals surface area contributed by atoms with E-state index in [4.69, 9.17) is 14.2 Å². The molecule has 9 heteroatoms. The fourth-order valence-electron chi connectivity index (χ4n) is 4.26. The summed E-state index contributed by atoms with van der Waals surface area (Å²) in [5.74, 6) is 0. The molecule has 4 aromatic rings. The molecule has 1 aromatic heterocycles. The molecule has 0 radical (unpaired) electrons. The van der Waals surface area contributed by atoms with Crippen molar-refractivity contribution >= 4 is 16.7 Å². The van der Waals surface area contributed by atoms with Gasteiger partial charge in [0.25, 0.3) is 5.69 Å². The molecule has 0 saturated carbocycles. The van der Waals surface area contributed by atoms with Crippen molar-refractivity contribution in [2.24, 2.45) is 0 Å². The lowest BCUT2D eigenvalue weighted by atomic mass is 10.1. The number of fused-ring (bicyclic) bond motifs is 1. The zero-order valence-corrected chi connectivity index (χ0v) is 18.8. The summed E-state index contributed by atoms with van der Waals surface area (Å²) in [4.78, 5) is 14.9. The Balaban J connectivity index is 1.35. The van der Waals surface area contributed by atoms with E-state index in [1.165, 1.54) is 18.5 Å². The third-order valence-electron chi connectivity index (χ3n) is 6.03. The van der Waals surface area contributed by atoms with E-state index in [2.05, 4.69) is 4.98 Å². The van der Waals surface area contributed by atoms with Crippen LogP contribution in [-0.2, 0) is 27.4 Å². The highest BCUT2D eigenvalue weighted by molar-refractivity contribution is 5.78. The van der Waals surface area contributed by atoms with E-state index in [-0.39, 0.29) is 12.3 Å². The van der Waals surface area contributed by atoms with E-state index >= 15 is 0 Å². The van der Waals surface area contributed by atoms with Gasteiger partial charge >= 0.3 is 0 Å². The number of aliphatic hydroxyl groups excluding tert-OH is 1. The number of hydrogen-bond acceptors (Lipinski definition) is 7. The Kier molecular flexibility index (Phi) is 6.82. The molecular weight excluding hydrogens is 450 g/mol. The first-order valence-corrected chi connectivity index (χ1v) is 11.3. The fraction of sp³-hybridized carbons (Fsp3) is 0.269. The summed E-state index contributed by atoms with van der Waals surface area (Å²) in [6.07, 6.45) is -1.45. The quantitative estimate of drug-likeness (QED) is 0.288. The minimum atomic E-state index is -1.00. The van der Waals surface area contributed by atoms with Crippen LogP contribution in [0.1, 0.15) is 17.4 Å². The van der Waals surface area contributed by atoms with Gasteiger partial charge in [-0.3, -0.25) is 10.1 Å². The minimum Gasteiger partial charge on any atom is -0.386 e. The van der Waals surface area contributed by atoms with Crippen LogP contribution in [0.15, 0.2) is 85.2 Å². The van der Waals surface area contributed by atoms with E-state index in [0.29, 0.717) is 24.2 Å². The molecule has 1 saturated heterocycles. The first kappa shape index (κ1) is 23.1. The normalized spacial score (nSPS) is 22.0. The second-order valence-corrected chi connectivity index (χ2v) is 8.40. The number of imidazole rings is 1. The number of ether oxygens (including phenoxy) is 3. The Bertz CT molecular complexity index is 1280. The Morgan fingerprint density at radius 1 is 1.00 bits per heavy atom. The second-order valence-electron chi connectivity index (χ2n) is 8.40. The maximum atomic E-state index is 11.2. The van der Waals surface area contributed by atoms with Gasteiger partial charge in [-0.05, 0) is 17.2 Å². The number of nitrogens with zero attached hydrogens (tertiary/aromatic N) is 3. The predicted molar refractivity (Wildman–Crippen MR) is 127 cm³/mol. The zero-order valence-electron chi connectivity index (χ0n) is 18.8. The number of rotatable bonds is 9. The van der Waals surface area contributed by atoms with Crippen molar-refractivity contribution in [2.45, 2.75) is 37.8 Å². The smallest absolute Gasteiger partial charge is 0.271 e. The first-order chi connectivity index (χ1) is 17.1. The molecule has 1 fully saturated rings. The Hall–Kier alpha value is -3.63. The van der Waals surface area contributed by atoms with Gasteiger partial charge in [0, 0.05) is 12.1 Å². The van der Waals surface area contributed by atoms with Crippen LogP contribution in [0.2, 0.25) is 0 Å². The number of benzene rings is 3. The number of hydrogen-bond donors (Lipinski definition) is 1. The lowest BCUT2D eigenvalue weighted by Crippen LogP contribution is -2.36. The van der Waals surface area contributed by atoms with E-state index in [1.54, 1.807) is 10.6 Å². The van der Waals surface area contributed by atoms with Crippen molar-refractivity contribution in [3.8, 4) is 0 Å².